The van der Waals surface area contributed by atoms with Gasteiger partial charge in [0.25, 0.3) is 0 Å². The molecule has 0 atom stereocenters. The van der Waals surface area contributed by atoms with E-state index in [1.54, 1.807) is 23.1 Å². The summed E-state index contributed by atoms with van der Waals surface area (Å²) >= 11 is 3.46. The topological polar surface area (TPSA) is 24.9 Å². The van der Waals surface area contributed by atoms with E-state index in [-0.39, 0.29) is 0 Å². The van der Waals surface area contributed by atoms with Crippen LogP contribution in [-0.4, -0.2) is 17.3 Å². The number of thioether (sulfide) groups is 1. The first-order chi connectivity index (χ1) is 8.35. The molecule has 0 spiro atoms. The highest BCUT2D eigenvalue weighted by molar-refractivity contribution is 7.98. The van der Waals surface area contributed by atoms with Crippen molar-refractivity contribution in [2.75, 3.05) is 11.6 Å². The van der Waals surface area contributed by atoms with E-state index >= 15 is 0 Å². The highest BCUT2D eigenvalue weighted by Gasteiger charge is 2.21. The minimum Gasteiger partial charge on any atom is -0.359 e. The number of rotatable bonds is 4. The van der Waals surface area contributed by atoms with Gasteiger partial charge in [0.05, 0.1) is 5.69 Å². The molecule has 1 N–H and O–H groups in total. The largest absolute Gasteiger partial charge is 0.359 e. The monoisotopic (exact) mass is 262 g/mol. The van der Waals surface area contributed by atoms with Gasteiger partial charge in [0, 0.05) is 21.9 Å². The molecular formula is C13H14N2S2. The van der Waals surface area contributed by atoms with E-state index < -0.39 is 0 Å². The number of benzene rings is 1. The molecule has 1 aromatic heterocycles. The molecule has 0 bridgehead atoms. The molecule has 0 aliphatic heterocycles. The van der Waals surface area contributed by atoms with Crippen molar-refractivity contribution in [3.8, 4) is 11.3 Å². The van der Waals surface area contributed by atoms with Crippen LogP contribution in [-0.2, 0) is 0 Å². The molecule has 0 amide bonds. The fraction of sp³-hybridized carbons (Fsp3) is 0.308. The second-order valence-electron chi connectivity index (χ2n) is 4.19. The van der Waals surface area contributed by atoms with Crippen LogP contribution in [0.1, 0.15) is 12.8 Å². The average Bonchev–Trinajstić information content (AvgIpc) is 3.06. The predicted octanol–water partition coefficient (Wildman–Crippen LogP) is 4.11. The molecule has 1 aliphatic rings. The van der Waals surface area contributed by atoms with E-state index in [4.69, 9.17) is 0 Å². The summed E-state index contributed by atoms with van der Waals surface area (Å²) in [7, 11) is 0. The first kappa shape index (κ1) is 11.1. The van der Waals surface area contributed by atoms with Crippen LogP contribution < -0.4 is 5.32 Å². The number of hydrogen-bond donors (Lipinski definition) is 1. The lowest BCUT2D eigenvalue weighted by Gasteiger charge is -1.99. The lowest BCUT2D eigenvalue weighted by Crippen LogP contribution is -1.99. The van der Waals surface area contributed by atoms with Crippen molar-refractivity contribution in [1.82, 2.24) is 4.98 Å². The molecule has 88 valence electrons. The van der Waals surface area contributed by atoms with Crippen LogP contribution in [0.2, 0.25) is 0 Å². The Morgan fingerprint density at radius 2 is 2.06 bits per heavy atom. The summed E-state index contributed by atoms with van der Waals surface area (Å²) in [6.45, 7) is 0. The number of aromatic nitrogens is 1. The predicted molar refractivity (Wildman–Crippen MR) is 76.0 cm³/mol. The molecule has 0 saturated heterocycles. The number of hydrogen-bond acceptors (Lipinski definition) is 4. The number of thiazole rings is 1. The smallest absolute Gasteiger partial charge is 0.183 e. The van der Waals surface area contributed by atoms with E-state index in [1.807, 2.05) is 0 Å². The standard InChI is InChI=1S/C13H14N2S2/c1-16-11-6-2-9(3-7-11)12-8-17-13(15-12)14-10-4-5-10/h2-3,6-8,10H,4-5H2,1H3,(H,14,15). The number of nitrogens with zero attached hydrogens (tertiary/aromatic N) is 1. The normalized spacial score (nSPS) is 14.9. The molecule has 1 aromatic carbocycles. The summed E-state index contributed by atoms with van der Waals surface area (Å²) in [4.78, 5) is 5.91. The van der Waals surface area contributed by atoms with Crippen LogP contribution in [0.5, 0.6) is 0 Å². The Labute approximate surface area is 109 Å². The highest BCUT2D eigenvalue weighted by Crippen LogP contribution is 2.30. The zero-order valence-corrected chi connectivity index (χ0v) is 11.3. The summed E-state index contributed by atoms with van der Waals surface area (Å²) in [5.41, 5.74) is 2.27. The van der Waals surface area contributed by atoms with E-state index in [9.17, 15) is 0 Å². The molecule has 17 heavy (non-hydrogen) atoms. The third kappa shape index (κ3) is 2.64. The van der Waals surface area contributed by atoms with E-state index in [0.717, 1.165) is 10.8 Å². The van der Waals surface area contributed by atoms with E-state index in [2.05, 4.69) is 46.2 Å². The van der Waals surface area contributed by atoms with Gasteiger partial charge in [-0.25, -0.2) is 4.98 Å². The van der Waals surface area contributed by atoms with E-state index in [0.29, 0.717) is 6.04 Å². The Balaban J connectivity index is 1.79. The molecular weight excluding hydrogens is 248 g/mol. The third-order valence-electron chi connectivity index (χ3n) is 2.79. The van der Waals surface area contributed by atoms with Gasteiger partial charge in [-0.15, -0.1) is 23.1 Å². The Bertz CT molecular complexity index is 500. The minimum absolute atomic E-state index is 0.674. The fourth-order valence-electron chi connectivity index (χ4n) is 1.64. The van der Waals surface area contributed by atoms with Gasteiger partial charge in [-0.05, 0) is 31.2 Å². The molecule has 1 fully saturated rings. The lowest BCUT2D eigenvalue weighted by atomic mass is 10.2. The Hall–Kier alpha value is -1.00. The molecule has 2 nitrogen and oxygen atoms in total. The Morgan fingerprint density at radius 1 is 1.29 bits per heavy atom. The molecule has 2 aromatic rings. The van der Waals surface area contributed by atoms with Crippen molar-refractivity contribution >= 4 is 28.2 Å². The zero-order chi connectivity index (χ0) is 11.7. The summed E-state index contributed by atoms with van der Waals surface area (Å²) in [6.07, 6.45) is 4.67. The molecule has 1 aliphatic carbocycles. The quantitative estimate of drug-likeness (QED) is 0.839. The summed E-state index contributed by atoms with van der Waals surface area (Å²) in [5.74, 6) is 0. The van der Waals surface area contributed by atoms with Gasteiger partial charge in [-0.1, -0.05) is 12.1 Å². The van der Waals surface area contributed by atoms with Crippen LogP contribution in [0.25, 0.3) is 11.3 Å². The average molecular weight is 262 g/mol. The van der Waals surface area contributed by atoms with Gasteiger partial charge >= 0.3 is 0 Å². The first-order valence-electron chi connectivity index (χ1n) is 5.71. The molecule has 0 radical (unpaired) electrons. The SMILES string of the molecule is CSc1ccc(-c2csc(NC3CC3)n2)cc1. The molecule has 1 saturated carbocycles. The van der Waals surface area contributed by atoms with Crippen LogP contribution in [0.4, 0.5) is 5.13 Å². The second-order valence-corrected chi connectivity index (χ2v) is 5.92. The van der Waals surface area contributed by atoms with Crippen LogP contribution in [0.3, 0.4) is 0 Å². The van der Waals surface area contributed by atoms with Gasteiger partial charge in [0.2, 0.25) is 0 Å². The minimum atomic E-state index is 0.674. The first-order valence-corrected chi connectivity index (χ1v) is 7.82. The van der Waals surface area contributed by atoms with Crippen LogP contribution >= 0.6 is 23.1 Å². The lowest BCUT2D eigenvalue weighted by molar-refractivity contribution is 1.14. The van der Waals surface area contributed by atoms with Gasteiger partial charge in [0.15, 0.2) is 5.13 Å². The van der Waals surface area contributed by atoms with Crippen molar-refractivity contribution in [3.05, 3.63) is 29.6 Å². The summed E-state index contributed by atoms with van der Waals surface area (Å²) in [5, 5.41) is 6.61. The molecule has 4 heteroatoms. The number of anilines is 1. The van der Waals surface area contributed by atoms with Crippen molar-refractivity contribution in [2.24, 2.45) is 0 Å². The Morgan fingerprint density at radius 3 is 2.71 bits per heavy atom. The summed E-state index contributed by atoms with van der Waals surface area (Å²) in [6, 6.07) is 9.25. The maximum atomic E-state index is 4.62. The molecule has 3 rings (SSSR count). The van der Waals surface area contributed by atoms with Gasteiger partial charge in [-0.3, -0.25) is 0 Å². The highest BCUT2D eigenvalue weighted by atomic mass is 32.2. The summed E-state index contributed by atoms with van der Waals surface area (Å²) < 4.78 is 0. The van der Waals surface area contributed by atoms with Crippen LogP contribution in [0, 0.1) is 0 Å². The van der Waals surface area contributed by atoms with Crippen LogP contribution in [0.15, 0.2) is 34.5 Å². The maximum absolute atomic E-state index is 4.62. The zero-order valence-electron chi connectivity index (χ0n) is 9.64. The van der Waals surface area contributed by atoms with Crippen molar-refractivity contribution in [3.63, 3.8) is 0 Å². The Kier molecular flexibility index (Phi) is 3.07. The van der Waals surface area contributed by atoms with Crippen molar-refractivity contribution < 1.29 is 0 Å². The van der Waals surface area contributed by atoms with Gasteiger partial charge in [0.1, 0.15) is 0 Å². The van der Waals surface area contributed by atoms with Gasteiger partial charge < -0.3 is 5.32 Å². The van der Waals surface area contributed by atoms with Gasteiger partial charge in [-0.2, -0.15) is 0 Å². The third-order valence-corrected chi connectivity index (χ3v) is 4.31. The van der Waals surface area contributed by atoms with Crippen molar-refractivity contribution in [2.45, 2.75) is 23.8 Å². The fourth-order valence-corrected chi connectivity index (χ4v) is 2.84. The van der Waals surface area contributed by atoms with E-state index in [1.165, 1.54) is 23.3 Å². The maximum Gasteiger partial charge on any atom is 0.183 e. The second kappa shape index (κ2) is 4.70. The van der Waals surface area contributed by atoms with Crippen molar-refractivity contribution in [1.29, 1.82) is 0 Å². The number of nitrogens with one attached hydrogen (secondary N) is 1. The molecule has 0 unspecified atom stereocenters. The molecule has 1 heterocycles.